The Bertz CT molecular complexity index is 814. The molecule has 1 aromatic rings. The molecule has 0 radical (unpaired) electrons. The maximum Gasteiger partial charge on any atom is 0.256 e. The van der Waals surface area contributed by atoms with Gasteiger partial charge in [0.15, 0.2) is 0 Å². The monoisotopic (exact) mass is 433 g/mol. The summed E-state index contributed by atoms with van der Waals surface area (Å²) in [5.41, 5.74) is 4.80. The van der Waals surface area contributed by atoms with Crippen molar-refractivity contribution in [3.8, 4) is 0 Å². The average molecular weight is 434 g/mol. The van der Waals surface area contributed by atoms with E-state index in [-0.39, 0.29) is 12.0 Å². The molecule has 6 heteroatoms. The van der Waals surface area contributed by atoms with E-state index in [1.165, 1.54) is 28.5 Å². The second kappa shape index (κ2) is 9.19. The van der Waals surface area contributed by atoms with Crippen molar-refractivity contribution in [3.05, 3.63) is 40.1 Å². The van der Waals surface area contributed by atoms with Crippen molar-refractivity contribution in [2.24, 2.45) is 0 Å². The van der Waals surface area contributed by atoms with Crippen LogP contribution in [0.4, 0.5) is 0 Å². The van der Waals surface area contributed by atoms with E-state index in [0.29, 0.717) is 15.7 Å². The molecule has 4 nitrogen and oxygen atoms in total. The zero-order valence-electron chi connectivity index (χ0n) is 18.0. The number of hydrogen-bond acceptors (Lipinski definition) is 5. The summed E-state index contributed by atoms with van der Waals surface area (Å²) in [6.07, 6.45) is 7.22. The maximum absolute atomic E-state index is 13.4. The molecule has 1 spiro atoms. The minimum Gasteiger partial charge on any atom is -0.441 e. The molecule has 0 atom stereocenters. The fourth-order valence-electron chi connectivity index (χ4n) is 4.67. The number of ether oxygens (including phenoxy) is 2. The second-order valence-corrected chi connectivity index (χ2v) is 9.31. The first-order valence-corrected chi connectivity index (χ1v) is 12.0. The lowest BCUT2D eigenvalue weighted by atomic mass is 9.78. The summed E-state index contributed by atoms with van der Waals surface area (Å²) in [4.78, 5) is 13.4. The molecule has 3 rings (SSSR count). The van der Waals surface area contributed by atoms with Crippen LogP contribution in [0.5, 0.6) is 0 Å². The zero-order chi connectivity index (χ0) is 21.2. The topological polar surface area (TPSA) is 47.6 Å². The van der Waals surface area contributed by atoms with E-state index in [2.05, 4.69) is 38.2 Å². The van der Waals surface area contributed by atoms with E-state index in [4.69, 9.17) is 21.7 Å². The van der Waals surface area contributed by atoms with Gasteiger partial charge in [-0.15, -0.1) is 0 Å². The first-order valence-electron chi connectivity index (χ1n) is 10.4. The number of hydrogen-bond donors (Lipinski definition) is 1. The van der Waals surface area contributed by atoms with Crippen molar-refractivity contribution >= 4 is 39.8 Å². The van der Waals surface area contributed by atoms with E-state index in [1.807, 2.05) is 6.26 Å². The number of rotatable bonds is 5. The minimum absolute atomic E-state index is 0.0481. The highest BCUT2D eigenvalue weighted by atomic mass is 32.2. The number of thiocarbonyl (C=S) groups is 1. The van der Waals surface area contributed by atoms with Gasteiger partial charge in [0, 0.05) is 7.11 Å². The SMILES string of the molecule is CCc1cc(C)cc(CC)c1C1=C(OC(=S)SC)C2(CCC(OC)CC2)NC1=O. The number of carbonyl (C=O) groups is 1. The Morgan fingerprint density at radius 3 is 2.31 bits per heavy atom. The molecule has 1 aliphatic heterocycles. The zero-order valence-corrected chi connectivity index (χ0v) is 19.6. The standard InChI is InChI=1S/C23H31NO3S2/c1-6-15-12-14(3)13-16(7-2)18(15)19-20(27-22(28)29-5)23(24-21(19)25)10-8-17(26-4)9-11-23/h12-13,17H,6-11H2,1-5H3,(H,24,25). The summed E-state index contributed by atoms with van der Waals surface area (Å²) < 4.78 is 12.2. The van der Waals surface area contributed by atoms with Crippen LogP contribution in [0.15, 0.2) is 17.9 Å². The molecule has 0 aromatic heterocycles. The van der Waals surface area contributed by atoms with Gasteiger partial charge in [-0.2, -0.15) is 0 Å². The number of thioether (sulfide) groups is 1. The predicted octanol–water partition coefficient (Wildman–Crippen LogP) is 4.95. The van der Waals surface area contributed by atoms with Crippen LogP contribution < -0.4 is 5.32 Å². The van der Waals surface area contributed by atoms with Crippen molar-refractivity contribution in [2.75, 3.05) is 13.4 Å². The molecule has 29 heavy (non-hydrogen) atoms. The third-order valence-corrected chi connectivity index (χ3v) is 7.17. The van der Waals surface area contributed by atoms with Crippen LogP contribution in [0, 0.1) is 6.92 Å². The van der Waals surface area contributed by atoms with Crippen molar-refractivity contribution in [1.29, 1.82) is 0 Å². The molecular formula is C23H31NO3S2. The van der Waals surface area contributed by atoms with Gasteiger partial charge in [0.25, 0.3) is 5.91 Å². The van der Waals surface area contributed by atoms with Crippen LogP contribution in [0.1, 0.15) is 61.8 Å². The molecule has 0 saturated heterocycles. The van der Waals surface area contributed by atoms with Crippen LogP contribution in [0.3, 0.4) is 0 Å². The third kappa shape index (κ3) is 4.25. The molecule has 1 amide bonds. The van der Waals surface area contributed by atoms with Gasteiger partial charge in [0.1, 0.15) is 5.76 Å². The number of amides is 1. The van der Waals surface area contributed by atoms with Crippen molar-refractivity contribution in [1.82, 2.24) is 5.32 Å². The van der Waals surface area contributed by atoms with Gasteiger partial charge >= 0.3 is 0 Å². The normalized spacial score (nSPS) is 24.2. The third-order valence-electron chi connectivity index (χ3n) is 6.17. The highest BCUT2D eigenvalue weighted by Gasteiger charge is 2.50. The molecule has 0 unspecified atom stereocenters. The lowest BCUT2D eigenvalue weighted by Crippen LogP contribution is -2.49. The van der Waals surface area contributed by atoms with Crippen LogP contribution >= 0.6 is 24.0 Å². The number of carbonyl (C=O) groups excluding carboxylic acids is 1. The fraction of sp³-hybridized carbons (Fsp3) is 0.565. The van der Waals surface area contributed by atoms with E-state index in [9.17, 15) is 4.79 Å². The highest BCUT2D eigenvalue weighted by molar-refractivity contribution is 8.22. The lowest BCUT2D eigenvalue weighted by molar-refractivity contribution is -0.116. The van der Waals surface area contributed by atoms with Gasteiger partial charge in [-0.1, -0.05) is 43.3 Å². The van der Waals surface area contributed by atoms with Gasteiger partial charge in [-0.05, 0) is 80.6 Å². The van der Waals surface area contributed by atoms with Crippen molar-refractivity contribution < 1.29 is 14.3 Å². The number of methoxy groups -OCH3 is 1. The maximum atomic E-state index is 13.4. The number of benzene rings is 1. The van der Waals surface area contributed by atoms with Crippen molar-refractivity contribution in [3.63, 3.8) is 0 Å². The van der Waals surface area contributed by atoms with E-state index in [0.717, 1.165) is 44.1 Å². The first-order chi connectivity index (χ1) is 13.9. The van der Waals surface area contributed by atoms with Gasteiger partial charge in [-0.25, -0.2) is 0 Å². The van der Waals surface area contributed by atoms with Crippen LogP contribution in [0.2, 0.25) is 0 Å². The van der Waals surface area contributed by atoms with Crippen molar-refractivity contribution in [2.45, 2.75) is 70.9 Å². The number of nitrogens with one attached hydrogen (secondary N) is 1. The minimum atomic E-state index is -0.498. The average Bonchev–Trinajstić information content (AvgIpc) is 2.98. The molecular weight excluding hydrogens is 402 g/mol. The summed E-state index contributed by atoms with van der Waals surface area (Å²) in [5, 5.41) is 3.30. The molecule has 0 bridgehead atoms. The molecule has 2 aliphatic rings. The summed E-state index contributed by atoms with van der Waals surface area (Å²) in [6, 6.07) is 4.37. The smallest absolute Gasteiger partial charge is 0.256 e. The van der Waals surface area contributed by atoms with Crippen LogP contribution in [0.25, 0.3) is 5.57 Å². The molecule has 1 aromatic carbocycles. The Morgan fingerprint density at radius 1 is 1.24 bits per heavy atom. The van der Waals surface area contributed by atoms with E-state index in [1.54, 1.807) is 7.11 Å². The molecule has 1 aliphatic carbocycles. The fourth-order valence-corrected chi connectivity index (χ4v) is 4.92. The Morgan fingerprint density at radius 2 is 1.83 bits per heavy atom. The summed E-state index contributed by atoms with van der Waals surface area (Å²) in [5.74, 6) is 0.665. The molecule has 1 fully saturated rings. The number of aryl methyl sites for hydroxylation is 3. The van der Waals surface area contributed by atoms with Gasteiger partial charge < -0.3 is 14.8 Å². The highest BCUT2D eigenvalue weighted by Crippen LogP contribution is 2.45. The van der Waals surface area contributed by atoms with Crippen LogP contribution in [-0.2, 0) is 27.1 Å². The van der Waals surface area contributed by atoms with Gasteiger partial charge in [0.2, 0.25) is 4.38 Å². The quantitative estimate of drug-likeness (QED) is 0.666. The van der Waals surface area contributed by atoms with Gasteiger partial charge in [-0.3, -0.25) is 4.79 Å². The Labute approximate surface area is 183 Å². The first kappa shape index (κ1) is 22.3. The second-order valence-electron chi connectivity index (χ2n) is 7.90. The molecule has 158 valence electrons. The van der Waals surface area contributed by atoms with Gasteiger partial charge in [0.05, 0.1) is 17.2 Å². The Hall–Kier alpha value is -1.37. The van der Waals surface area contributed by atoms with Crippen LogP contribution in [-0.4, -0.2) is 35.3 Å². The molecule has 1 heterocycles. The summed E-state index contributed by atoms with van der Waals surface area (Å²) in [7, 11) is 1.75. The lowest BCUT2D eigenvalue weighted by Gasteiger charge is -2.38. The summed E-state index contributed by atoms with van der Waals surface area (Å²) >= 11 is 6.81. The summed E-state index contributed by atoms with van der Waals surface area (Å²) in [6.45, 7) is 6.38. The van der Waals surface area contributed by atoms with E-state index >= 15 is 0 Å². The van der Waals surface area contributed by atoms with E-state index < -0.39 is 5.54 Å². The Kier molecular flexibility index (Phi) is 7.07. The molecule has 1 N–H and O–H groups in total. The molecule has 1 saturated carbocycles. The largest absolute Gasteiger partial charge is 0.441 e. The Balaban J connectivity index is 2.20. The predicted molar refractivity (Wildman–Crippen MR) is 124 cm³/mol.